The molecule has 0 aliphatic heterocycles. The Hall–Kier alpha value is -4.92. The third-order valence-electron chi connectivity index (χ3n) is 6.84. The van der Waals surface area contributed by atoms with Crippen LogP contribution >= 0.6 is 0 Å². The number of nitrogens with zero attached hydrogens (tertiary/aromatic N) is 3. The highest BCUT2D eigenvalue weighted by molar-refractivity contribution is 5.95. The molecule has 0 saturated carbocycles. The van der Waals surface area contributed by atoms with Crippen molar-refractivity contribution in [3.05, 3.63) is 111 Å². The van der Waals surface area contributed by atoms with E-state index in [2.05, 4.69) is 4.98 Å². The molecule has 1 aromatic heterocycles. The lowest BCUT2D eigenvalue weighted by Crippen LogP contribution is -2.33. The van der Waals surface area contributed by atoms with Gasteiger partial charge in [0.2, 0.25) is 0 Å². The van der Waals surface area contributed by atoms with Crippen molar-refractivity contribution in [1.82, 2.24) is 9.55 Å². The maximum atomic E-state index is 14.0. The average molecular weight is 556 g/mol. The number of methoxy groups -OCH3 is 3. The van der Waals surface area contributed by atoms with E-state index >= 15 is 0 Å². The van der Waals surface area contributed by atoms with E-state index in [-0.39, 0.29) is 17.2 Å². The van der Waals surface area contributed by atoms with E-state index in [1.165, 1.54) is 24.9 Å². The fraction of sp³-hybridized carbons (Fsp3) is 0.250. The predicted molar refractivity (Wildman–Crippen MR) is 157 cm³/mol. The fourth-order valence-corrected chi connectivity index (χ4v) is 4.77. The van der Waals surface area contributed by atoms with E-state index in [0.29, 0.717) is 47.0 Å². The number of hydrogen-bond donors (Lipinski definition) is 0. The third-order valence-corrected chi connectivity index (χ3v) is 6.84. The van der Waals surface area contributed by atoms with Crippen LogP contribution in [0.1, 0.15) is 49.9 Å². The Morgan fingerprint density at radius 1 is 0.829 bits per heavy atom. The number of esters is 1. The summed E-state index contributed by atoms with van der Waals surface area (Å²) in [5.74, 6) is 0.754. The Balaban J connectivity index is 1.87. The van der Waals surface area contributed by atoms with Gasteiger partial charge in [0.15, 0.2) is 17.2 Å². The van der Waals surface area contributed by atoms with Crippen molar-refractivity contribution in [3.8, 4) is 17.2 Å². The lowest BCUT2D eigenvalue weighted by Gasteiger charge is -2.26. The molecule has 0 radical (unpaired) electrons. The van der Waals surface area contributed by atoms with Gasteiger partial charge in [-0.1, -0.05) is 24.3 Å². The second kappa shape index (κ2) is 12.5. The first-order chi connectivity index (χ1) is 19.7. The highest BCUT2D eigenvalue weighted by atomic mass is 16.5. The molecule has 0 unspecified atom stereocenters. The van der Waals surface area contributed by atoms with Gasteiger partial charge in [-0.15, -0.1) is 0 Å². The number of carbonyl (C=O) groups excluding carboxylic acids is 2. The molecule has 4 rings (SSSR count). The Labute approximate surface area is 238 Å². The summed E-state index contributed by atoms with van der Waals surface area (Å²) in [7, 11) is 4.44. The molecule has 9 heteroatoms. The molecule has 4 aromatic rings. The monoisotopic (exact) mass is 555 g/mol. The number of aryl methyl sites for hydroxylation is 2. The molecule has 0 aliphatic rings. The molecular weight excluding hydrogens is 522 g/mol. The van der Waals surface area contributed by atoms with Gasteiger partial charge in [-0.25, -0.2) is 9.78 Å². The molecular formula is C32H33N3O6. The SMILES string of the molecule is COC(=O)c1c(N(Cc2ccc(OC)cc2)Cc2ccc(OC)cc2)ncn(-c2c(C)cc(C(C)=O)cc2C)c1=O. The van der Waals surface area contributed by atoms with Gasteiger partial charge < -0.3 is 19.1 Å². The smallest absolute Gasteiger partial charge is 0.347 e. The van der Waals surface area contributed by atoms with Crippen LogP contribution in [0.4, 0.5) is 5.82 Å². The number of rotatable bonds is 10. The number of anilines is 1. The zero-order valence-corrected chi connectivity index (χ0v) is 24.1. The maximum absolute atomic E-state index is 14.0. The molecule has 0 N–H and O–H groups in total. The summed E-state index contributed by atoms with van der Waals surface area (Å²) in [6, 6.07) is 18.5. The van der Waals surface area contributed by atoms with Crippen LogP contribution in [0, 0.1) is 13.8 Å². The zero-order valence-electron chi connectivity index (χ0n) is 24.1. The van der Waals surface area contributed by atoms with Crippen LogP contribution in [-0.4, -0.2) is 42.6 Å². The van der Waals surface area contributed by atoms with Crippen molar-refractivity contribution in [2.45, 2.75) is 33.9 Å². The summed E-state index contributed by atoms with van der Waals surface area (Å²) >= 11 is 0. The van der Waals surface area contributed by atoms with Crippen molar-refractivity contribution in [3.63, 3.8) is 0 Å². The number of ketones is 1. The molecule has 41 heavy (non-hydrogen) atoms. The normalized spacial score (nSPS) is 10.7. The standard InChI is InChI=1S/C32H33N3O6/c1-20-15-25(22(3)36)16-21(2)29(20)35-19-33-30(28(31(35)37)32(38)41-6)34(17-23-7-11-26(39-4)12-8-23)18-24-9-13-27(40-5)14-10-24/h7-16,19H,17-18H2,1-6H3. The highest BCUT2D eigenvalue weighted by Gasteiger charge is 2.26. The van der Waals surface area contributed by atoms with E-state index in [1.54, 1.807) is 26.4 Å². The number of ether oxygens (including phenoxy) is 3. The highest BCUT2D eigenvalue weighted by Crippen LogP contribution is 2.26. The first kappa shape index (κ1) is 29.1. The molecule has 0 saturated heterocycles. The van der Waals surface area contributed by atoms with Crippen LogP contribution in [-0.2, 0) is 17.8 Å². The minimum atomic E-state index is -0.794. The minimum Gasteiger partial charge on any atom is -0.497 e. The summed E-state index contributed by atoms with van der Waals surface area (Å²) in [5.41, 5.74) is 3.59. The topological polar surface area (TPSA) is 100.0 Å². The molecule has 0 atom stereocenters. The number of hydrogen-bond acceptors (Lipinski definition) is 8. The Morgan fingerprint density at radius 3 is 1.73 bits per heavy atom. The third kappa shape index (κ3) is 6.30. The molecule has 212 valence electrons. The molecule has 0 fully saturated rings. The van der Waals surface area contributed by atoms with Crippen molar-refractivity contribution in [2.75, 3.05) is 26.2 Å². The molecule has 3 aromatic carbocycles. The van der Waals surface area contributed by atoms with Gasteiger partial charge in [-0.05, 0) is 79.4 Å². The zero-order chi connectivity index (χ0) is 29.7. The van der Waals surface area contributed by atoms with Crippen molar-refractivity contribution in [2.24, 2.45) is 0 Å². The van der Waals surface area contributed by atoms with Crippen LogP contribution in [0.15, 0.2) is 71.8 Å². The van der Waals surface area contributed by atoms with Crippen LogP contribution in [0.5, 0.6) is 11.5 Å². The predicted octanol–water partition coefficient (Wildman–Crippen LogP) is 5.06. The van der Waals surface area contributed by atoms with Gasteiger partial charge in [0.25, 0.3) is 5.56 Å². The van der Waals surface area contributed by atoms with E-state index < -0.39 is 11.5 Å². The Kier molecular flexibility index (Phi) is 8.87. The molecule has 0 amide bonds. The van der Waals surface area contributed by atoms with Crippen molar-refractivity contribution in [1.29, 1.82) is 0 Å². The maximum Gasteiger partial charge on any atom is 0.347 e. The second-order valence-electron chi connectivity index (χ2n) is 9.68. The van der Waals surface area contributed by atoms with E-state index in [1.807, 2.05) is 67.3 Å². The number of carbonyl (C=O) groups is 2. The quantitative estimate of drug-likeness (QED) is 0.198. The summed E-state index contributed by atoms with van der Waals surface area (Å²) in [6.45, 7) is 5.81. The summed E-state index contributed by atoms with van der Waals surface area (Å²) in [6.07, 6.45) is 1.42. The van der Waals surface area contributed by atoms with Gasteiger partial charge in [0.1, 0.15) is 17.8 Å². The number of aromatic nitrogens is 2. The molecule has 1 heterocycles. The molecule has 0 spiro atoms. The van der Waals surface area contributed by atoms with E-state index in [0.717, 1.165) is 11.1 Å². The molecule has 0 aliphatic carbocycles. The first-order valence-electron chi connectivity index (χ1n) is 13.0. The Bertz CT molecular complexity index is 1550. The second-order valence-corrected chi connectivity index (χ2v) is 9.68. The lowest BCUT2D eigenvalue weighted by atomic mass is 10.0. The summed E-state index contributed by atoms with van der Waals surface area (Å²) in [5, 5.41) is 0. The van der Waals surface area contributed by atoms with Gasteiger partial charge in [0.05, 0.1) is 27.0 Å². The van der Waals surface area contributed by atoms with Crippen LogP contribution in [0.25, 0.3) is 5.69 Å². The van der Waals surface area contributed by atoms with Crippen LogP contribution in [0.3, 0.4) is 0 Å². The molecule has 9 nitrogen and oxygen atoms in total. The van der Waals surface area contributed by atoms with Gasteiger partial charge >= 0.3 is 5.97 Å². The molecule has 0 bridgehead atoms. The van der Waals surface area contributed by atoms with Gasteiger partial charge in [-0.2, -0.15) is 0 Å². The minimum absolute atomic E-state index is 0.0773. The van der Waals surface area contributed by atoms with E-state index in [9.17, 15) is 14.4 Å². The number of Topliss-reactive ketones (excluding diaryl/α,β-unsaturated/α-hetero) is 1. The lowest BCUT2D eigenvalue weighted by molar-refractivity contribution is 0.0598. The average Bonchev–Trinajstić information content (AvgIpc) is 2.97. The summed E-state index contributed by atoms with van der Waals surface area (Å²) < 4.78 is 17.0. The van der Waals surface area contributed by atoms with Gasteiger partial charge in [-0.3, -0.25) is 14.2 Å². The first-order valence-corrected chi connectivity index (χ1v) is 13.0. The summed E-state index contributed by atoms with van der Waals surface area (Å²) in [4.78, 5) is 45.6. The largest absolute Gasteiger partial charge is 0.497 e. The van der Waals surface area contributed by atoms with Crippen molar-refractivity contribution < 1.29 is 23.8 Å². The number of benzene rings is 3. The van der Waals surface area contributed by atoms with E-state index in [4.69, 9.17) is 14.2 Å². The van der Waals surface area contributed by atoms with Gasteiger partial charge in [0, 0.05) is 18.7 Å². The Morgan fingerprint density at radius 2 is 1.32 bits per heavy atom. The fourth-order valence-electron chi connectivity index (χ4n) is 4.77. The van der Waals surface area contributed by atoms with Crippen molar-refractivity contribution >= 4 is 17.6 Å². The van der Waals surface area contributed by atoms with Crippen LogP contribution < -0.4 is 19.9 Å². The van der Waals surface area contributed by atoms with Crippen LogP contribution in [0.2, 0.25) is 0 Å².